The van der Waals surface area contributed by atoms with Crippen LogP contribution in [0.25, 0.3) is 0 Å². The normalized spacial score (nSPS) is 20.5. The van der Waals surface area contributed by atoms with Crippen molar-refractivity contribution in [1.29, 1.82) is 0 Å². The third-order valence-corrected chi connectivity index (χ3v) is 6.34. The van der Waals surface area contributed by atoms with Gasteiger partial charge in [-0.3, -0.25) is 4.79 Å². The van der Waals surface area contributed by atoms with E-state index in [0.29, 0.717) is 25.0 Å². The lowest BCUT2D eigenvalue weighted by molar-refractivity contribution is -0.136. The van der Waals surface area contributed by atoms with Crippen molar-refractivity contribution in [3.05, 3.63) is 0 Å². The summed E-state index contributed by atoms with van der Waals surface area (Å²) < 4.78 is 25.5. The van der Waals surface area contributed by atoms with Crippen molar-refractivity contribution in [3.63, 3.8) is 0 Å². The Labute approximate surface area is 121 Å². The van der Waals surface area contributed by atoms with Crippen LogP contribution in [-0.2, 0) is 14.8 Å². The van der Waals surface area contributed by atoms with E-state index in [4.69, 9.17) is 5.11 Å². The minimum absolute atomic E-state index is 0.427. The van der Waals surface area contributed by atoms with E-state index >= 15 is 0 Å². The summed E-state index contributed by atoms with van der Waals surface area (Å²) in [5.74, 6) is -0.805. The summed E-state index contributed by atoms with van der Waals surface area (Å²) in [6.07, 6.45) is 1.59. The van der Waals surface area contributed by atoms with Crippen molar-refractivity contribution in [1.82, 2.24) is 9.21 Å². The van der Waals surface area contributed by atoms with Crippen molar-refractivity contribution in [2.24, 2.45) is 5.92 Å². The molecule has 20 heavy (non-hydrogen) atoms. The van der Waals surface area contributed by atoms with Gasteiger partial charge in [0.2, 0.25) is 10.0 Å². The summed E-state index contributed by atoms with van der Waals surface area (Å²) in [6.45, 7) is 7.31. The highest BCUT2D eigenvalue weighted by molar-refractivity contribution is 7.90. The molecule has 0 aromatic heterocycles. The fraction of sp³-hybridized carbons (Fsp3) is 0.923. The second-order valence-electron chi connectivity index (χ2n) is 5.90. The van der Waals surface area contributed by atoms with Gasteiger partial charge in [-0.1, -0.05) is 0 Å². The van der Waals surface area contributed by atoms with Crippen molar-refractivity contribution in [3.8, 4) is 0 Å². The average Bonchev–Trinajstić information content (AvgIpc) is 2.38. The third-order valence-electron chi connectivity index (χ3n) is 4.16. The van der Waals surface area contributed by atoms with Gasteiger partial charge in [-0.2, -0.15) is 0 Å². The molecule has 0 aromatic carbocycles. The first kappa shape index (κ1) is 17.4. The molecular formula is C13H26N2O4S. The minimum Gasteiger partial charge on any atom is -0.480 e. The highest BCUT2D eigenvalue weighted by Crippen LogP contribution is 2.22. The summed E-state index contributed by atoms with van der Waals surface area (Å²) in [5.41, 5.74) is 0. The molecule has 1 N–H and O–H groups in total. The van der Waals surface area contributed by atoms with E-state index in [0.717, 1.165) is 19.4 Å². The molecule has 6 nitrogen and oxygen atoms in total. The molecule has 7 heteroatoms. The lowest BCUT2D eigenvalue weighted by atomic mass is 9.97. The van der Waals surface area contributed by atoms with Crippen LogP contribution in [0.5, 0.6) is 0 Å². The van der Waals surface area contributed by atoms with Gasteiger partial charge in [-0.05, 0) is 46.6 Å². The molecule has 0 saturated carbocycles. The van der Waals surface area contributed by atoms with Gasteiger partial charge in [0.15, 0.2) is 5.25 Å². The number of piperidine rings is 1. The maximum atomic E-state index is 12.1. The van der Waals surface area contributed by atoms with Crippen molar-refractivity contribution in [2.75, 3.05) is 26.7 Å². The van der Waals surface area contributed by atoms with Crippen LogP contribution in [0.3, 0.4) is 0 Å². The van der Waals surface area contributed by atoms with Crippen LogP contribution in [0.15, 0.2) is 0 Å². The molecule has 118 valence electrons. The maximum Gasteiger partial charge on any atom is 0.323 e. The van der Waals surface area contributed by atoms with Crippen LogP contribution >= 0.6 is 0 Å². The van der Waals surface area contributed by atoms with Gasteiger partial charge in [0.25, 0.3) is 0 Å². The number of rotatable bonds is 6. The first-order valence-electron chi connectivity index (χ1n) is 7.08. The zero-order valence-electron chi connectivity index (χ0n) is 12.7. The van der Waals surface area contributed by atoms with Crippen LogP contribution in [0.1, 0.15) is 33.6 Å². The summed E-state index contributed by atoms with van der Waals surface area (Å²) >= 11 is 0. The molecule has 0 aliphatic carbocycles. The number of nitrogens with zero attached hydrogens (tertiary/aromatic N) is 2. The van der Waals surface area contributed by atoms with Gasteiger partial charge >= 0.3 is 5.97 Å². The molecule has 0 radical (unpaired) electrons. The molecule has 1 rings (SSSR count). The van der Waals surface area contributed by atoms with Crippen LogP contribution in [0.2, 0.25) is 0 Å². The number of aliphatic carboxylic acids is 1. The second-order valence-corrected chi connectivity index (χ2v) is 8.15. The Balaban J connectivity index is 2.56. The largest absolute Gasteiger partial charge is 0.480 e. The molecular weight excluding hydrogens is 280 g/mol. The van der Waals surface area contributed by atoms with Gasteiger partial charge in [0, 0.05) is 25.7 Å². The van der Waals surface area contributed by atoms with E-state index in [2.05, 4.69) is 25.8 Å². The van der Waals surface area contributed by atoms with Gasteiger partial charge < -0.3 is 10.0 Å². The number of sulfonamides is 1. The number of carbonyl (C=O) groups is 1. The fourth-order valence-corrected chi connectivity index (χ4v) is 3.74. The smallest absolute Gasteiger partial charge is 0.323 e. The molecule has 1 atom stereocenters. The SMILES string of the molecule is CC(C)N(C)CC1CCN(S(=O)(=O)C(C)C(=O)O)CC1. The summed E-state index contributed by atoms with van der Waals surface area (Å²) in [7, 11) is -1.64. The van der Waals surface area contributed by atoms with E-state index < -0.39 is 21.2 Å². The molecule has 0 aromatic rings. The average molecular weight is 306 g/mol. The number of carboxylic acids is 1. The Morgan fingerprint density at radius 2 is 1.80 bits per heavy atom. The van der Waals surface area contributed by atoms with Gasteiger partial charge in [0.1, 0.15) is 0 Å². The number of carboxylic acid groups (broad SMARTS) is 1. The van der Waals surface area contributed by atoms with E-state index in [9.17, 15) is 13.2 Å². The van der Waals surface area contributed by atoms with Crippen LogP contribution in [0.4, 0.5) is 0 Å². The van der Waals surface area contributed by atoms with Gasteiger partial charge in [-0.15, -0.1) is 0 Å². The topological polar surface area (TPSA) is 77.9 Å². The Kier molecular flexibility index (Phi) is 5.97. The molecule has 0 bridgehead atoms. The fourth-order valence-electron chi connectivity index (χ4n) is 2.32. The Bertz CT molecular complexity index is 428. The third kappa shape index (κ3) is 4.17. The van der Waals surface area contributed by atoms with Crippen molar-refractivity contribution < 1.29 is 18.3 Å². The number of hydrogen-bond acceptors (Lipinski definition) is 4. The first-order valence-corrected chi connectivity index (χ1v) is 8.58. The second kappa shape index (κ2) is 6.87. The molecule has 1 unspecified atom stereocenters. The van der Waals surface area contributed by atoms with Gasteiger partial charge in [-0.25, -0.2) is 12.7 Å². The standard InChI is InChI=1S/C13H26N2O4S/c1-10(2)14(4)9-12-5-7-15(8-6-12)20(18,19)11(3)13(16)17/h10-12H,5-9H2,1-4H3,(H,16,17). The molecule has 1 aliphatic rings. The van der Waals surface area contributed by atoms with E-state index in [1.54, 1.807) is 0 Å². The Morgan fingerprint density at radius 1 is 1.30 bits per heavy atom. The zero-order chi connectivity index (χ0) is 15.5. The molecule has 1 fully saturated rings. The molecule has 0 spiro atoms. The molecule has 0 amide bonds. The highest BCUT2D eigenvalue weighted by atomic mass is 32.2. The van der Waals surface area contributed by atoms with Crippen LogP contribution in [-0.4, -0.2) is 66.7 Å². The number of hydrogen-bond donors (Lipinski definition) is 1. The summed E-state index contributed by atoms with van der Waals surface area (Å²) in [5, 5.41) is 7.50. The van der Waals surface area contributed by atoms with E-state index in [1.165, 1.54) is 11.2 Å². The first-order chi connectivity index (χ1) is 9.16. The van der Waals surface area contributed by atoms with E-state index in [-0.39, 0.29) is 0 Å². The van der Waals surface area contributed by atoms with Crippen molar-refractivity contribution in [2.45, 2.75) is 44.9 Å². The predicted octanol–water partition coefficient (Wildman–Crippen LogP) is 0.842. The lowest BCUT2D eigenvalue weighted by Crippen LogP contribution is -2.46. The summed E-state index contributed by atoms with van der Waals surface area (Å²) in [4.78, 5) is 13.1. The van der Waals surface area contributed by atoms with Crippen molar-refractivity contribution >= 4 is 16.0 Å². The van der Waals surface area contributed by atoms with Gasteiger partial charge in [0.05, 0.1) is 0 Å². The quantitative estimate of drug-likeness (QED) is 0.787. The molecule has 1 heterocycles. The maximum absolute atomic E-state index is 12.1. The molecule has 1 aliphatic heterocycles. The zero-order valence-corrected chi connectivity index (χ0v) is 13.6. The predicted molar refractivity (Wildman–Crippen MR) is 78.1 cm³/mol. The minimum atomic E-state index is -3.71. The summed E-state index contributed by atoms with van der Waals surface area (Å²) in [6, 6.07) is 0.476. The molecule has 1 saturated heterocycles. The monoisotopic (exact) mass is 306 g/mol. The highest BCUT2D eigenvalue weighted by Gasteiger charge is 2.36. The Morgan fingerprint density at radius 3 is 2.20 bits per heavy atom. The van der Waals surface area contributed by atoms with Crippen LogP contribution < -0.4 is 0 Å². The lowest BCUT2D eigenvalue weighted by Gasteiger charge is -2.34. The van der Waals surface area contributed by atoms with E-state index in [1.807, 2.05) is 0 Å². The van der Waals surface area contributed by atoms with Crippen LogP contribution in [0, 0.1) is 5.92 Å². The Hall–Kier alpha value is -0.660.